The van der Waals surface area contributed by atoms with Crippen molar-refractivity contribution in [2.45, 2.75) is 32.1 Å². The molecule has 1 aromatic heterocycles. The lowest BCUT2D eigenvalue weighted by molar-refractivity contribution is 0.0515. The topological polar surface area (TPSA) is 73.4 Å². The number of aromatic nitrogens is 2. The van der Waals surface area contributed by atoms with E-state index in [2.05, 4.69) is 4.98 Å². The average molecular weight is 334 g/mol. The van der Waals surface area contributed by atoms with Crippen molar-refractivity contribution in [1.82, 2.24) is 14.5 Å². The number of nitrogens with two attached hydrogens (primary N) is 1. The summed E-state index contributed by atoms with van der Waals surface area (Å²) in [6.45, 7) is 1.94. The van der Waals surface area contributed by atoms with Crippen molar-refractivity contribution in [2.75, 3.05) is 32.5 Å². The summed E-state index contributed by atoms with van der Waals surface area (Å²) < 4.78 is 21.6. The molecule has 1 saturated heterocycles. The number of methoxy groups -OCH3 is 1. The second kappa shape index (κ2) is 7.27. The summed E-state index contributed by atoms with van der Waals surface area (Å²) in [6.07, 6.45) is 1.65. The van der Waals surface area contributed by atoms with Crippen LogP contribution in [0.25, 0.3) is 10.9 Å². The van der Waals surface area contributed by atoms with E-state index in [1.165, 1.54) is 4.57 Å². The zero-order valence-corrected chi connectivity index (χ0v) is 13.9. The molecule has 0 amide bonds. The number of halogens is 1. The quantitative estimate of drug-likeness (QED) is 0.669. The Hall–Kier alpha value is -1.99. The van der Waals surface area contributed by atoms with E-state index in [0.29, 0.717) is 36.3 Å². The van der Waals surface area contributed by atoms with E-state index in [1.54, 1.807) is 30.2 Å². The van der Waals surface area contributed by atoms with E-state index < -0.39 is 6.30 Å². The molecule has 1 unspecified atom stereocenters. The first-order valence-electron chi connectivity index (χ1n) is 8.29. The van der Waals surface area contributed by atoms with Crippen LogP contribution >= 0.6 is 0 Å². The van der Waals surface area contributed by atoms with Gasteiger partial charge in [0.05, 0.1) is 24.1 Å². The SMILES string of the molecule is COCCn1c(C(F)N2CCCCC2)nc2ccc(N)cc2c1=O. The van der Waals surface area contributed by atoms with Gasteiger partial charge in [-0.05, 0) is 31.0 Å². The van der Waals surface area contributed by atoms with E-state index in [0.717, 1.165) is 19.3 Å². The van der Waals surface area contributed by atoms with Crippen molar-refractivity contribution < 1.29 is 9.13 Å². The van der Waals surface area contributed by atoms with Crippen molar-refractivity contribution in [3.63, 3.8) is 0 Å². The van der Waals surface area contributed by atoms with Gasteiger partial charge in [0.25, 0.3) is 5.56 Å². The van der Waals surface area contributed by atoms with Crippen LogP contribution in [0.3, 0.4) is 0 Å². The van der Waals surface area contributed by atoms with Crippen LogP contribution in [-0.2, 0) is 11.3 Å². The second-order valence-corrected chi connectivity index (χ2v) is 6.13. The van der Waals surface area contributed by atoms with Crippen LogP contribution in [0.1, 0.15) is 31.4 Å². The maximum absolute atomic E-state index is 15.1. The number of benzene rings is 1. The molecule has 0 aliphatic carbocycles. The Balaban J connectivity index is 2.09. The molecule has 1 atom stereocenters. The lowest BCUT2D eigenvalue weighted by Gasteiger charge is -2.30. The smallest absolute Gasteiger partial charge is 0.261 e. The van der Waals surface area contributed by atoms with Gasteiger partial charge in [-0.2, -0.15) is 0 Å². The standard InChI is InChI=1S/C17H23FN4O2/c1-24-10-9-22-16(15(18)21-7-3-2-4-8-21)20-14-6-5-12(19)11-13(14)17(22)23/h5-6,11,15H,2-4,7-10,19H2,1H3. The van der Waals surface area contributed by atoms with Gasteiger partial charge in [-0.1, -0.05) is 6.42 Å². The third-order valence-electron chi connectivity index (χ3n) is 4.45. The molecule has 2 heterocycles. The molecule has 0 spiro atoms. The Morgan fingerprint density at radius 3 is 2.79 bits per heavy atom. The highest BCUT2D eigenvalue weighted by Gasteiger charge is 2.26. The van der Waals surface area contributed by atoms with Gasteiger partial charge in [0.2, 0.25) is 6.30 Å². The van der Waals surface area contributed by atoms with Gasteiger partial charge in [0.1, 0.15) is 0 Å². The van der Waals surface area contributed by atoms with Crippen LogP contribution in [0.15, 0.2) is 23.0 Å². The molecule has 1 aliphatic rings. The van der Waals surface area contributed by atoms with Crippen molar-refractivity contribution in [1.29, 1.82) is 0 Å². The van der Waals surface area contributed by atoms with E-state index in [9.17, 15) is 4.79 Å². The highest BCUT2D eigenvalue weighted by atomic mass is 19.1. The second-order valence-electron chi connectivity index (χ2n) is 6.13. The number of fused-ring (bicyclic) bond motifs is 1. The van der Waals surface area contributed by atoms with Crippen molar-refractivity contribution >= 4 is 16.6 Å². The normalized spacial score (nSPS) is 17.2. The first kappa shape index (κ1) is 16.9. The molecule has 3 rings (SSSR count). The Labute approximate surface area is 140 Å². The number of nitrogens with zero attached hydrogens (tertiary/aromatic N) is 3. The summed E-state index contributed by atoms with van der Waals surface area (Å²) in [4.78, 5) is 19.0. The zero-order valence-electron chi connectivity index (χ0n) is 13.9. The molecular weight excluding hydrogens is 311 g/mol. The minimum atomic E-state index is -1.39. The Morgan fingerprint density at radius 2 is 2.08 bits per heavy atom. The summed E-state index contributed by atoms with van der Waals surface area (Å²) in [5, 5.41) is 0.403. The van der Waals surface area contributed by atoms with Gasteiger partial charge in [0, 0.05) is 25.9 Å². The summed E-state index contributed by atoms with van der Waals surface area (Å²) >= 11 is 0. The van der Waals surface area contributed by atoms with Gasteiger partial charge < -0.3 is 10.5 Å². The molecule has 1 aromatic carbocycles. The molecule has 6 nitrogen and oxygen atoms in total. The van der Waals surface area contributed by atoms with Crippen LogP contribution in [-0.4, -0.2) is 41.3 Å². The van der Waals surface area contributed by atoms with Crippen LogP contribution in [0.4, 0.5) is 10.1 Å². The van der Waals surface area contributed by atoms with Gasteiger partial charge in [-0.3, -0.25) is 14.3 Å². The number of hydrogen-bond acceptors (Lipinski definition) is 5. The first-order valence-corrected chi connectivity index (χ1v) is 8.29. The highest BCUT2D eigenvalue weighted by Crippen LogP contribution is 2.25. The number of anilines is 1. The molecule has 7 heteroatoms. The van der Waals surface area contributed by atoms with Crippen LogP contribution < -0.4 is 11.3 Å². The summed E-state index contributed by atoms with van der Waals surface area (Å²) in [5.41, 5.74) is 6.45. The molecule has 1 aliphatic heterocycles. The maximum Gasteiger partial charge on any atom is 0.261 e. The van der Waals surface area contributed by atoms with E-state index >= 15 is 4.39 Å². The number of nitrogen functional groups attached to an aromatic ring is 1. The molecule has 130 valence electrons. The maximum atomic E-state index is 15.1. The monoisotopic (exact) mass is 334 g/mol. The van der Waals surface area contributed by atoms with Gasteiger partial charge in [0.15, 0.2) is 5.82 Å². The fourth-order valence-corrected chi connectivity index (χ4v) is 3.14. The molecule has 0 bridgehead atoms. The molecule has 2 aromatic rings. The Bertz CT molecular complexity index is 771. The number of piperidine rings is 1. The fourth-order valence-electron chi connectivity index (χ4n) is 3.14. The van der Waals surface area contributed by atoms with Crippen molar-refractivity contribution in [3.8, 4) is 0 Å². The van der Waals surface area contributed by atoms with Crippen molar-refractivity contribution in [2.24, 2.45) is 0 Å². The summed E-state index contributed by atoms with van der Waals surface area (Å²) in [6, 6.07) is 4.93. The number of rotatable bonds is 5. The van der Waals surface area contributed by atoms with Crippen molar-refractivity contribution in [3.05, 3.63) is 34.4 Å². The third kappa shape index (κ3) is 3.27. The zero-order chi connectivity index (χ0) is 17.1. The van der Waals surface area contributed by atoms with Crippen LogP contribution in [0, 0.1) is 0 Å². The minimum absolute atomic E-state index is 0.149. The van der Waals surface area contributed by atoms with Crippen LogP contribution in [0.5, 0.6) is 0 Å². The molecule has 1 fully saturated rings. The van der Waals surface area contributed by atoms with E-state index in [1.807, 2.05) is 0 Å². The largest absolute Gasteiger partial charge is 0.399 e. The predicted octanol–water partition coefficient (Wildman–Crippen LogP) is 2.08. The number of alkyl halides is 1. The first-order chi connectivity index (χ1) is 11.6. The van der Waals surface area contributed by atoms with Gasteiger partial charge >= 0.3 is 0 Å². The number of likely N-dealkylation sites (tertiary alicyclic amines) is 1. The molecule has 24 heavy (non-hydrogen) atoms. The average Bonchev–Trinajstić information content (AvgIpc) is 2.61. The fraction of sp³-hybridized carbons (Fsp3) is 0.529. The summed E-state index contributed by atoms with van der Waals surface area (Å²) in [7, 11) is 1.55. The predicted molar refractivity (Wildman–Crippen MR) is 91.6 cm³/mol. The highest BCUT2D eigenvalue weighted by molar-refractivity contribution is 5.81. The molecule has 0 saturated carbocycles. The van der Waals surface area contributed by atoms with Crippen LogP contribution in [0.2, 0.25) is 0 Å². The summed E-state index contributed by atoms with van der Waals surface area (Å²) in [5.74, 6) is 0.149. The Morgan fingerprint density at radius 1 is 1.33 bits per heavy atom. The number of hydrogen-bond donors (Lipinski definition) is 1. The molecule has 0 radical (unpaired) electrons. The van der Waals surface area contributed by atoms with E-state index in [-0.39, 0.29) is 17.9 Å². The third-order valence-corrected chi connectivity index (χ3v) is 4.45. The molecule has 2 N–H and O–H groups in total. The number of ether oxygens (including phenoxy) is 1. The van der Waals surface area contributed by atoms with Gasteiger partial charge in [-0.25, -0.2) is 9.37 Å². The lowest BCUT2D eigenvalue weighted by Crippen LogP contribution is -2.36. The van der Waals surface area contributed by atoms with E-state index in [4.69, 9.17) is 10.5 Å². The lowest BCUT2D eigenvalue weighted by atomic mass is 10.1. The molecular formula is C17H23FN4O2. The Kier molecular flexibility index (Phi) is 5.11. The minimum Gasteiger partial charge on any atom is -0.399 e. The van der Waals surface area contributed by atoms with Gasteiger partial charge in [-0.15, -0.1) is 0 Å².